The van der Waals surface area contributed by atoms with Crippen LogP contribution in [0, 0.1) is 10.7 Å². The zero-order chi connectivity index (χ0) is 12.4. The summed E-state index contributed by atoms with van der Waals surface area (Å²) in [6, 6.07) is 0.405. The highest BCUT2D eigenvalue weighted by Crippen LogP contribution is 2.29. The van der Waals surface area contributed by atoms with Gasteiger partial charge in [0.1, 0.15) is 5.82 Å². The van der Waals surface area contributed by atoms with Crippen molar-refractivity contribution in [2.24, 2.45) is 5.92 Å². The first-order valence-electron chi connectivity index (χ1n) is 6.35. The maximum atomic E-state index is 5.42. The molecule has 1 unspecified atom stereocenters. The molecule has 0 amide bonds. The van der Waals surface area contributed by atoms with Gasteiger partial charge in [-0.2, -0.15) is 5.10 Å². The lowest BCUT2D eigenvalue weighted by molar-refractivity contribution is 0.0506. The maximum Gasteiger partial charge on any atom is 0.195 e. The number of hydrogen-bond donors (Lipinski definition) is 1. The van der Waals surface area contributed by atoms with Crippen molar-refractivity contribution in [1.29, 1.82) is 0 Å². The van der Waals surface area contributed by atoms with Gasteiger partial charge in [0.15, 0.2) is 4.77 Å². The van der Waals surface area contributed by atoms with E-state index >= 15 is 0 Å². The van der Waals surface area contributed by atoms with Crippen molar-refractivity contribution in [1.82, 2.24) is 14.8 Å². The van der Waals surface area contributed by atoms with E-state index in [4.69, 9.17) is 17.0 Å². The van der Waals surface area contributed by atoms with E-state index in [9.17, 15) is 0 Å². The van der Waals surface area contributed by atoms with Crippen LogP contribution in [0.5, 0.6) is 0 Å². The molecule has 2 heterocycles. The molecule has 0 aliphatic carbocycles. The second-order valence-corrected chi connectivity index (χ2v) is 5.49. The minimum Gasteiger partial charge on any atom is -0.381 e. The van der Waals surface area contributed by atoms with Gasteiger partial charge < -0.3 is 9.30 Å². The molecule has 17 heavy (non-hydrogen) atoms. The Balaban J connectivity index is 2.25. The molecule has 1 aliphatic rings. The first-order valence-corrected chi connectivity index (χ1v) is 6.76. The Bertz CT molecular complexity index is 418. The molecule has 2 rings (SSSR count). The molecule has 1 atom stereocenters. The molecule has 1 fully saturated rings. The number of rotatable bonds is 3. The van der Waals surface area contributed by atoms with Gasteiger partial charge in [0.2, 0.25) is 0 Å². The molecule has 0 radical (unpaired) electrons. The van der Waals surface area contributed by atoms with Crippen LogP contribution in [0.25, 0.3) is 0 Å². The van der Waals surface area contributed by atoms with Crippen LogP contribution in [0.4, 0.5) is 0 Å². The van der Waals surface area contributed by atoms with Crippen LogP contribution in [0.15, 0.2) is 0 Å². The summed E-state index contributed by atoms with van der Waals surface area (Å²) in [5, 5.41) is 7.27. The second kappa shape index (κ2) is 5.31. The van der Waals surface area contributed by atoms with Gasteiger partial charge in [0.05, 0.1) is 0 Å². The topological polar surface area (TPSA) is 42.8 Å². The normalized spacial score (nSPS) is 19.8. The first-order chi connectivity index (χ1) is 8.11. The Hall–Kier alpha value is -0.680. The van der Waals surface area contributed by atoms with Gasteiger partial charge in [0.25, 0.3) is 0 Å². The van der Waals surface area contributed by atoms with Gasteiger partial charge in [-0.15, -0.1) is 0 Å². The van der Waals surface area contributed by atoms with E-state index in [0.29, 0.717) is 17.9 Å². The lowest BCUT2D eigenvalue weighted by Crippen LogP contribution is -2.25. The molecule has 1 N–H and O–H groups in total. The number of aromatic amines is 1. The third-order valence-corrected chi connectivity index (χ3v) is 3.89. The summed E-state index contributed by atoms with van der Waals surface area (Å²) in [5.41, 5.74) is 0. The van der Waals surface area contributed by atoms with Gasteiger partial charge in [-0.1, -0.05) is 13.8 Å². The maximum absolute atomic E-state index is 5.42. The molecule has 4 nitrogen and oxygen atoms in total. The molecular weight excluding hydrogens is 234 g/mol. The average molecular weight is 255 g/mol. The van der Waals surface area contributed by atoms with Crippen molar-refractivity contribution in [2.45, 2.75) is 45.6 Å². The van der Waals surface area contributed by atoms with Gasteiger partial charge >= 0.3 is 0 Å². The molecular formula is C12H21N3OS. The van der Waals surface area contributed by atoms with E-state index in [2.05, 4.69) is 35.5 Å². The summed E-state index contributed by atoms with van der Waals surface area (Å²) < 4.78 is 8.35. The Morgan fingerprint density at radius 1 is 1.35 bits per heavy atom. The second-order valence-electron chi connectivity index (χ2n) is 5.10. The highest BCUT2D eigenvalue weighted by Gasteiger charge is 2.25. The van der Waals surface area contributed by atoms with Crippen LogP contribution in [-0.2, 0) is 4.74 Å². The van der Waals surface area contributed by atoms with Gasteiger partial charge in [-0.3, -0.25) is 5.10 Å². The highest BCUT2D eigenvalue weighted by atomic mass is 32.1. The standard InChI is InChI=1S/C12H21N3OS/c1-8(2)11-13-14-12(17)15(11)9(3)10-4-6-16-7-5-10/h8-10H,4-7H2,1-3H3,(H,14,17). The summed E-state index contributed by atoms with van der Waals surface area (Å²) >= 11 is 5.35. The molecule has 5 heteroatoms. The molecule has 0 saturated carbocycles. The SMILES string of the molecule is CC(C)c1n[nH]c(=S)n1C(C)C1CCOCC1. The van der Waals surface area contributed by atoms with E-state index in [1.807, 2.05) is 0 Å². The lowest BCUT2D eigenvalue weighted by Gasteiger charge is -2.29. The average Bonchev–Trinajstić information content (AvgIpc) is 2.71. The zero-order valence-corrected chi connectivity index (χ0v) is 11.6. The Morgan fingerprint density at radius 3 is 2.59 bits per heavy atom. The number of H-pyrrole nitrogens is 1. The third-order valence-electron chi connectivity index (χ3n) is 3.60. The Labute approximate surface area is 107 Å². The quantitative estimate of drug-likeness (QED) is 0.844. The molecule has 0 bridgehead atoms. The van der Waals surface area contributed by atoms with Crippen LogP contribution < -0.4 is 0 Å². The fraction of sp³-hybridized carbons (Fsp3) is 0.833. The molecule has 1 aromatic rings. The predicted octanol–water partition coefficient (Wildman–Crippen LogP) is 3.05. The molecule has 1 saturated heterocycles. The molecule has 0 spiro atoms. The van der Waals surface area contributed by atoms with Gasteiger partial charge in [0, 0.05) is 25.2 Å². The third kappa shape index (κ3) is 2.60. The van der Waals surface area contributed by atoms with Crippen LogP contribution in [0.3, 0.4) is 0 Å². The van der Waals surface area contributed by atoms with Crippen molar-refractivity contribution in [3.8, 4) is 0 Å². The fourth-order valence-electron chi connectivity index (χ4n) is 2.53. The minimum absolute atomic E-state index is 0.394. The van der Waals surface area contributed by atoms with Crippen molar-refractivity contribution in [2.75, 3.05) is 13.2 Å². The van der Waals surface area contributed by atoms with Crippen LogP contribution in [-0.4, -0.2) is 28.0 Å². The molecule has 96 valence electrons. The summed E-state index contributed by atoms with van der Waals surface area (Å²) in [6.45, 7) is 8.29. The van der Waals surface area contributed by atoms with E-state index in [-0.39, 0.29) is 0 Å². The molecule has 0 aromatic carbocycles. The fourth-order valence-corrected chi connectivity index (χ4v) is 2.83. The molecule has 1 aromatic heterocycles. The zero-order valence-electron chi connectivity index (χ0n) is 10.8. The Kier molecular flexibility index (Phi) is 3.99. The highest BCUT2D eigenvalue weighted by molar-refractivity contribution is 7.71. The van der Waals surface area contributed by atoms with Gasteiger partial charge in [-0.25, -0.2) is 0 Å². The van der Waals surface area contributed by atoms with Crippen LogP contribution >= 0.6 is 12.2 Å². The summed E-state index contributed by atoms with van der Waals surface area (Å²) in [7, 11) is 0. The van der Waals surface area contributed by atoms with Crippen LogP contribution in [0.1, 0.15) is 51.4 Å². The van der Waals surface area contributed by atoms with Gasteiger partial charge in [-0.05, 0) is 37.9 Å². The van der Waals surface area contributed by atoms with Crippen molar-refractivity contribution in [3.05, 3.63) is 10.6 Å². The minimum atomic E-state index is 0.394. The Morgan fingerprint density at radius 2 is 2.00 bits per heavy atom. The number of hydrogen-bond acceptors (Lipinski definition) is 3. The first kappa shape index (κ1) is 12.8. The van der Waals surface area contributed by atoms with Crippen molar-refractivity contribution < 1.29 is 4.74 Å². The number of ether oxygens (including phenoxy) is 1. The largest absolute Gasteiger partial charge is 0.381 e. The van der Waals surface area contributed by atoms with E-state index in [0.717, 1.165) is 36.7 Å². The monoisotopic (exact) mass is 255 g/mol. The van der Waals surface area contributed by atoms with E-state index < -0.39 is 0 Å². The number of nitrogens with one attached hydrogen (secondary N) is 1. The van der Waals surface area contributed by atoms with Crippen molar-refractivity contribution >= 4 is 12.2 Å². The molecule has 1 aliphatic heterocycles. The summed E-state index contributed by atoms with van der Waals surface area (Å²) in [6.07, 6.45) is 2.23. The smallest absolute Gasteiger partial charge is 0.195 e. The van der Waals surface area contributed by atoms with E-state index in [1.54, 1.807) is 0 Å². The van der Waals surface area contributed by atoms with E-state index in [1.165, 1.54) is 0 Å². The van der Waals surface area contributed by atoms with Crippen molar-refractivity contribution in [3.63, 3.8) is 0 Å². The predicted molar refractivity (Wildman–Crippen MR) is 69.8 cm³/mol. The number of nitrogens with zero attached hydrogens (tertiary/aromatic N) is 2. The van der Waals surface area contributed by atoms with Crippen LogP contribution in [0.2, 0.25) is 0 Å². The lowest BCUT2D eigenvalue weighted by atomic mass is 9.92. The summed E-state index contributed by atoms with van der Waals surface area (Å²) in [5.74, 6) is 2.10. The summed E-state index contributed by atoms with van der Waals surface area (Å²) in [4.78, 5) is 0. The number of aromatic nitrogens is 3.